The van der Waals surface area contributed by atoms with Crippen molar-refractivity contribution in [2.24, 2.45) is 0 Å². The van der Waals surface area contributed by atoms with E-state index < -0.39 is 0 Å². The Morgan fingerprint density at radius 3 is 2.81 bits per heavy atom. The molecular formula is C22H20ClN7O. The number of aryl methyl sites for hydroxylation is 1. The van der Waals surface area contributed by atoms with Crippen molar-refractivity contribution >= 4 is 34.5 Å². The van der Waals surface area contributed by atoms with Crippen molar-refractivity contribution in [2.75, 3.05) is 18.4 Å². The van der Waals surface area contributed by atoms with Gasteiger partial charge in [-0.25, -0.2) is 19.9 Å². The first-order valence-electron chi connectivity index (χ1n) is 9.97. The van der Waals surface area contributed by atoms with Crippen LogP contribution in [0.15, 0.2) is 55.1 Å². The summed E-state index contributed by atoms with van der Waals surface area (Å²) in [6, 6.07) is 13.3. The molecule has 1 N–H and O–H groups in total. The molecule has 0 bridgehead atoms. The molecule has 1 aliphatic heterocycles. The third-order valence-corrected chi connectivity index (χ3v) is 5.59. The molecule has 9 heteroatoms. The molecule has 4 heterocycles. The minimum atomic E-state index is -0.0529. The Morgan fingerprint density at radius 2 is 2.00 bits per heavy atom. The van der Waals surface area contributed by atoms with Crippen LogP contribution in [0.1, 0.15) is 27.8 Å². The van der Waals surface area contributed by atoms with Gasteiger partial charge in [0.2, 0.25) is 0 Å². The van der Waals surface area contributed by atoms with Crippen molar-refractivity contribution in [1.82, 2.24) is 29.4 Å². The summed E-state index contributed by atoms with van der Waals surface area (Å²) in [5.74, 6) is 0.614. The number of pyridine rings is 1. The fourth-order valence-electron chi connectivity index (χ4n) is 3.70. The smallest absolute Gasteiger partial charge is 0.272 e. The maximum Gasteiger partial charge on any atom is 0.272 e. The van der Waals surface area contributed by atoms with E-state index in [4.69, 9.17) is 11.6 Å². The van der Waals surface area contributed by atoms with Crippen LogP contribution in [-0.2, 0) is 6.54 Å². The van der Waals surface area contributed by atoms with Crippen molar-refractivity contribution in [3.8, 4) is 0 Å². The molecule has 3 aromatic heterocycles. The molecule has 8 nitrogen and oxygen atoms in total. The van der Waals surface area contributed by atoms with Gasteiger partial charge in [-0.3, -0.25) is 4.79 Å². The number of aromatic nitrogens is 5. The number of hydrogen-bond donors (Lipinski definition) is 1. The van der Waals surface area contributed by atoms with Gasteiger partial charge >= 0.3 is 0 Å². The Kier molecular flexibility index (Phi) is 4.99. The zero-order valence-corrected chi connectivity index (χ0v) is 17.6. The van der Waals surface area contributed by atoms with Crippen LogP contribution in [0.25, 0.3) is 11.2 Å². The molecule has 31 heavy (non-hydrogen) atoms. The second-order valence-corrected chi connectivity index (χ2v) is 7.99. The van der Waals surface area contributed by atoms with E-state index in [0.717, 1.165) is 16.9 Å². The van der Waals surface area contributed by atoms with E-state index in [9.17, 15) is 4.79 Å². The molecule has 1 aromatic carbocycles. The van der Waals surface area contributed by atoms with Crippen molar-refractivity contribution in [3.63, 3.8) is 0 Å². The summed E-state index contributed by atoms with van der Waals surface area (Å²) >= 11 is 6.06. The summed E-state index contributed by atoms with van der Waals surface area (Å²) < 4.78 is 2.01. The molecule has 0 unspecified atom stereocenters. The number of halogens is 1. The Hall–Kier alpha value is -3.52. The predicted octanol–water partition coefficient (Wildman–Crippen LogP) is 3.49. The average molecular weight is 434 g/mol. The largest absolute Gasteiger partial charge is 0.364 e. The highest BCUT2D eigenvalue weighted by atomic mass is 35.5. The molecule has 1 fully saturated rings. The normalized spacial score (nSPS) is 13.9. The third kappa shape index (κ3) is 3.82. The molecule has 0 saturated carbocycles. The van der Waals surface area contributed by atoms with Crippen molar-refractivity contribution in [3.05, 3.63) is 77.1 Å². The lowest BCUT2D eigenvalue weighted by Crippen LogP contribution is -2.50. The minimum Gasteiger partial charge on any atom is -0.364 e. The average Bonchev–Trinajstić information content (AvgIpc) is 3.15. The lowest BCUT2D eigenvalue weighted by molar-refractivity contribution is 0.0519. The van der Waals surface area contributed by atoms with Gasteiger partial charge in [-0.2, -0.15) is 0 Å². The van der Waals surface area contributed by atoms with Crippen LogP contribution < -0.4 is 5.32 Å². The number of nitrogens with one attached hydrogen (secondary N) is 1. The van der Waals surface area contributed by atoms with Crippen LogP contribution in [0.3, 0.4) is 0 Å². The summed E-state index contributed by atoms with van der Waals surface area (Å²) in [4.78, 5) is 32.1. The predicted molar refractivity (Wildman–Crippen MR) is 118 cm³/mol. The zero-order valence-electron chi connectivity index (χ0n) is 16.9. The number of amides is 1. The Morgan fingerprint density at radius 1 is 1.16 bits per heavy atom. The number of rotatable bonds is 5. The Labute approximate surface area is 183 Å². The van der Waals surface area contributed by atoms with Crippen LogP contribution in [0.5, 0.6) is 0 Å². The number of imidazole rings is 1. The number of carbonyl (C=O) groups excluding carboxylic acids is 1. The standard InChI is InChI=1S/C22H20ClN7O/c1-14-4-2-7-18(28-14)22(31)29-10-17(11-29)30-13-27-19-20(25-12-26-21(19)30)24-9-15-5-3-6-16(23)8-15/h2-8,12-13,17H,9-11H2,1H3,(H,24,25,26). The summed E-state index contributed by atoms with van der Waals surface area (Å²) in [5.41, 5.74) is 3.81. The monoisotopic (exact) mass is 433 g/mol. The third-order valence-electron chi connectivity index (χ3n) is 5.36. The van der Waals surface area contributed by atoms with Gasteiger partial charge in [-0.1, -0.05) is 29.8 Å². The van der Waals surface area contributed by atoms with Crippen LogP contribution in [0.4, 0.5) is 5.82 Å². The number of anilines is 1. The molecule has 4 aromatic rings. The molecule has 1 aliphatic rings. The molecular weight excluding hydrogens is 414 g/mol. The fourth-order valence-corrected chi connectivity index (χ4v) is 3.92. The summed E-state index contributed by atoms with van der Waals surface area (Å²) in [6.45, 7) is 3.64. The van der Waals surface area contributed by atoms with Crippen molar-refractivity contribution in [2.45, 2.75) is 19.5 Å². The molecule has 1 saturated heterocycles. The summed E-state index contributed by atoms with van der Waals surface area (Å²) in [6.07, 6.45) is 3.29. The Bertz CT molecular complexity index is 1270. The molecule has 1 amide bonds. The maximum atomic E-state index is 12.6. The van der Waals surface area contributed by atoms with E-state index in [-0.39, 0.29) is 11.9 Å². The van der Waals surface area contributed by atoms with Crippen LogP contribution in [0, 0.1) is 6.92 Å². The lowest BCUT2D eigenvalue weighted by atomic mass is 10.1. The van der Waals surface area contributed by atoms with Gasteiger partial charge in [-0.05, 0) is 36.8 Å². The van der Waals surface area contributed by atoms with Gasteiger partial charge in [0, 0.05) is 30.4 Å². The minimum absolute atomic E-state index is 0.0529. The van der Waals surface area contributed by atoms with Gasteiger partial charge in [0.1, 0.15) is 17.5 Å². The van der Waals surface area contributed by atoms with Gasteiger partial charge in [0.25, 0.3) is 5.91 Å². The van der Waals surface area contributed by atoms with E-state index in [1.807, 2.05) is 47.9 Å². The molecule has 0 aliphatic carbocycles. The zero-order chi connectivity index (χ0) is 21.4. The molecule has 0 atom stereocenters. The van der Waals surface area contributed by atoms with E-state index in [1.54, 1.807) is 17.3 Å². The summed E-state index contributed by atoms with van der Waals surface area (Å²) in [7, 11) is 0. The number of carbonyl (C=O) groups is 1. The highest BCUT2D eigenvalue weighted by Crippen LogP contribution is 2.28. The highest BCUT2D eigenvalue weighted by molar-refractivity contribution is 6.30. The lowest BCUT2D eigenvalue weighted by Gasteiger charge is -2.39. The fraction of sp³-hybridized carbons (Fsp3) is 0.227. The van der Waals surface area contributed by atoms with Gasteiger partial charge < -0.3 is 14.8 Å². The molecule has 5 rings (SSSR count). The molecule has 0 radical (unpaired) electrons. The van der Waals surface area contributed by atoms with Crippen LogP contribution in [0.2, 0.25) is 5.02 Å². The number of hydrogen-bond acceptors (Lipinski definition) is 6. The highest BCUT2D eigenvalue weighted by Gasteiger charge is 2.34. The second kappa shape index (κ2) is 7.96. The SMILES string of the molecule is Cc1cccc(C(=O)N2CC(n3cnc4c(NCc5cccc(Cl)c5)ncnc43)C2)n1. The van der Waals surface area contributed by atoms with Gasteiger partial charge in [-0.15, -0.1) is 0 Å². The molecule has 0 spiro atoms. The topological polar surface area (TPSA) is 88.8 Å². The first kappa shape index (κ1) is 19.4. The van der Waals surface area contributed by atoms with E-state index >= 15 is 0 Å². The first-order chi connectivity index (χ1) is 15.1. The number of fused-ring (bicyclic) bond motifs is 1. The quantitative estimate of drug-likeness (QED) is 0.518. The second-order valence-electron chi connectivity index (χ2n) is 7.56. The van der Waals surface area contributed by atoms with Crippen molar-refractivity contribution < 1.29 is 4.79 Å². The Balaban J connectivity index is 1.30. The van der Waals surface area contributed by atoms with Gasteiger partial charge in [0.05, 0.1) is 12.4 Å². The number of nitrogens with zero attached hydrogens (tertiary/aromatic N) is 6. The van der Waals surface area contributed by atoms with Gasteiger partial charge in [0.15, 0.2) is 11.5 Å². The van der Waals surface area contributed by atoms with Crippen LogP contribution in [-0.4, -0.2) is 48.4 Å². The van der Waals surface area contributed by atoms with Crippen molar-refractivity contribution in [1.29, 1.82) is 0 Å². The van der Waals surface area contributed by atoms with E-state index in [2.05, 4.69) is 25.3 Å². The van der Waals surface area contributed by atoms with Crippen LogP contribution >= 0.6 is 11.6 Å². The molecule has 156 valence electrons. The van der Waals surface area contributed by atoms with E-state index in [0.29, 0.717) is 41.7 Å². The maximum absolute atomic E-state index is 12.6. The first-order valence-corrected chi connectivity index (χ1v) is 10.3. The number of likely N-dealkylation sites (tertiary alicyclic amines) is 1. The summed E-state index contributed by atoms with van der Waals surface area (Å²) in [5, 5.41) is 4.01. The van der Waals surface area contributed by atoms with E-state index in [1.165, 1.54) is 6.33 Å². The number of benzene rings is 1.